The Morgan fingerprint density at radius 3 is 2.46 bits per heavy atom. The summed E-state index contributed by atoms with van der Waals surface area (Å²) >= 11 is 1.75. The standard InChI is InChI=1S/C22H27N3O2S/c26-21-7-1-2-14-25(21)18-10-8-17(9-11-18)22(27)23-16-19(20-6-5-15-28-20)24-12-3-4-13-24/h5-6,8-11,15,19H,1-4,7,12-14,16H2,(H,23,27). The molecule has 1 unspecified atom stereocenters. The topological polar surface area (TPSA) is 52.7 Å². The van der Waals surface area contributed by atoms with Gasteiger partial charge in [-0.1, -0.05) is 6.07 Å². The maximum absolute atomic E-state index is 12.7. The molecule has 2 amide bonds. The molecule has 2 fully saturated rings. The SMILES string of the molecule is O=C(NCC(c1cccs1)N1CCCC1)c1ccc(N2CCCCC2=O)cc1. The van der Waals surface area contributed by atoms with Crippen LogP contribution in [0.25, 0.3) is 0 Å². The van der Waals surface area contributed by atoms with Crippen LogP contribution in [-0.4, -0.2) is 42.9 Å². The number of hydrogen-bond acceptors (Lipinski definition) is 4. The second-order valence-electron chi connectivity index (χ2n) is 7.53. The summed E-state index contributed by atoms with van der Waals surface area (Å²) in [5.41, 5.74) is 1.52. The number of nitrogens with one attached hydrogen (secondary N) is 1. The van der Waals surface area contributed by atoms with Crippen LogP contribution in [0, 0.1) is 0 Å². The zero-order valence-corrected chi connectivity index (χ0v) is 16.9. The van der Waals surface area contributed by atoms with E-state index >= 15 is 0 Å². The number of thiophene rings is 1. The predicted molar refractivity (Wildman–Crippen MR) is 113 cm³/mol. The minimum atomic E-state index is -0.0581. The number of amides is 2. The summed E-state index contributed by atoms with van der Waals surface area (Å²) in [7, 11) is 0. The summed E-state index contributed by atoms with van der Waals surface area (Å²) in [6, 6.07) is 11.9. The van der Waals surface area contributed by atoms with Crippen LogP contribution in [0.4, 0.5) is 5.69 Å². The minimum Gasteiger partial charge on any atom is -0.350 e. The predicted octanol–water partition coefficient (Wildman–Crippen LogP) is 3.83. The van der Waals surface area contributed by atoms with Gasteiger partial charge in [-0.25, -0.2) is 0 Å². The molecule has 1 aromatic heterocycles. The largest absolute Gasteiger partial charge is 0.350 e. The lowest BCUT2D eigenvalue weighted by atomic mass is 10.1. The van der Waals surface area contributed by atoms with Gasteiger partial charge < -0.3 is 10.2 Å². The fourth-order valence-electron chi connectivity index (χ4n) is 4.11. The molecule has 1 N–H and O–H groups in total. The highest BCUT2D eigenvalue weighted by molar-refractivity contribution is 7.10. The van der Waals surface area contributed by atoms with Gasteiger partial charge >= 0.3 is 0 Å². The van der Waals surface area contributed by atoms with E-state index in [4.69, 9.17) is 0 Å². The Labute approximate surface area is 170 Å². The van der Waals surface area contributed by atoms with Gasteiger partial charge in [-0.2, -0.15) is 0 Å². The van der Waals surface area contributed by atoms with Crippen LogP contribution in [0.3, 0.4) is 0 Å². The molecule has 1 aromatic carbocycles. The molecule has 1 atom stereocenters. The third-order valence-electron chi connectivity index (χ3n) is 5.67. The maximum atomic E-state index is 12.7. The highest BCUT2D eigenvalue weighted by Gasteiger charge is 2.25. The first-order valence-corrected chi connectivity index (χ1v) is 11.1. The molecule has 2 aliphatic heterocycles. The lowest BCUT2D eigenvalue weighted by molar-refractivity contribution is -0.119. The Morgan fingerprint density at radius 2 is 1.79 bits per heavy atom. The van der Waals surface area contributed by atoms with Crippen molar-refractivity contribution >= 4 is 28.8 Å². The fourth-order valence-corrected chi connectivity index (χ4v) is 4.97. The molecule has 0 radical (unpaired) electrons. The molecular formula is C22H27N3O2S. The summed E-state index contributed by atoms with van der Waals surface area (Å²) in [4.78, 5) is 30.4. The average molecular weight is 398 g/mol. The van der Waals surface area contributed by atoms with E-state index < -0.39 is 0 Å². The van der Waals surface area contributed by atoms with E-state index in [0.29, 0.717) is 18.5 Å². The van der Waals surface area contributed by atoms with Crippen molar-refractivity contribution in [2.24, 2.45) is 0 Å². The zero-order chi connectivity index (χ0) is 19.3. The third kappa shape index (κ3) is 4.28. The van der Waals surface area contributed by atoms with E-state index in [1.54, 1.807) is 11.3 Å². The van der Waals surface area contributed by atoms with Crippen LogP contribution in [0.5, 0.6) is 0 Å². The van der Waals surface area contributed by atoms with Crippen molar-refractivity contribution in [3.8, 4) is 0 Å². The highest BCUT2D eigenvalue weighted by Crippen LogP contribution is 2.28. The highest BCUT2D eigenvalue weighted by atomic mass is 32.1. The quantitative estimate of drug-likeness (QED) is 0.806. The molecule has 2 aliphatic rings. The molecule has 3 heterocycles. The van der Waals surface area contributed by atoms with E-state index in [0.717, 1.165) is 38.2 Å². The van der Waals surface area contributed by atoms with Crippen molar-refractivity contribution in [2.45, 2.75) is 38.1 Å². The molecule has 148 valence electrons. The number of rotatable bonds is 6. The molecule has 6 heteroatoms. The minimum absolute atomic E-state index is 0.0581. The van der Waals surface area contributed by atoms with Gasteiger partial charge in [0.15, 0.2) is 0 Å². The van der Waals surface area contributed by atoms with Crippen LogP contribution in [0.1, 0.15) is 53.4 Å². The van der Waals surface area contributed by atoms with E-state index in [-0.39, 0.29) is 17.9 Å². The smallest absolute Gasteiger partial charge is 0.251 e. The van der Waals surface area contributed by atoms with Gasteiger partial charge in [0.25, 0.3) is 5.91 Å². The van der Waals surface area contributed by atoms with Crippen molar-refractivity contribution < 1.29 is 9.59 Å². The van der Waals surface area contributed by atoms with Gasteiger partial charge in [0, 0.05) is 35.6 Å². The molecule has 5 nitrogen and oxygen atoms in total. The van der Waals surface area contributed by atoms with E-state index in [9.17, 15) is 9.59 Å². The van der Waals surface area contributed by atoms with Crippen molar-refractivity contribution in [3.63, 3.8) is 0 Å². The third-order valence-corrected chi connectivity index (χ3v) is 6.65. The van der Waals surface area contributed by atoms with Crippen molar-refractivity contribution in [1.82, 2.24) is 10.2 Å². The van der Waals surface area contributed by atoms with Gasteiger partial charge in [-0.3, -0.25) is 14.5 Å². The Kier molecular flexibility index (Phi) is 6.07. The van der Waals surface area contributed by atoms with Crippen LogP contribution in [0.2, 0.25) is 0 Å². The van der Waals surface area contributed by atoms with Crippen molar-refractivity contribution in [2.75, 3.05) is 31.1 Å². The first kappa shape index (κ1) is 19.2. The lowest BCUT2D eigenvalue weighted by Crippen LogP contribution is -2.36. The molecule has 2 saturated heterocycles. The van der Waals surface area contributed by atoms with Gasteiger partial charge in [-0.05, 0) is 74.5 Å². The number of hydrogen-bond donors (Lipinski definition) is 1. The van der Waals surface area contributed by atoms with Gasteiger partial charge in [0.1, 0.15) is 0 Å². The number of likely N-dealkylation sites (tertiary alicyclic amines) is 1. The molecule has 0 aliphatic carbocycles. The Bertz CT molecular complexity index is 798. The van der Waals surface area contributed by atoms with Crippen LogP contribution in [-0.2, 0) is 4.79 Å². The summed E-state index contributed by atoms with van der Waals surface area (Å²) < 4.78 is 0. The molecule has 2 aromatic rings. The number of nitrogens with zero attached hydrogens (tertiary/aromatic N) is 2. The molecule has 4 rings (SSSR count). The normalized spacial score (nSPS) is 19.0. The number of benzene rings is 1. The van der Waals surface area contributed by atoms with Crippen LogP contribution >= 0.6 is 11.3 Å². The van der Waals surface area contributed by atoms with Gasteiger partial charge in [0.2, 0.25) is 5.91 Å². The molecule has 0 spiro atoms. The van der Waals surface area contributed by atoms with Crippen molar-refractivity contribution in [1.29, 1.82) is 0 Å². The van der Waals surface area contributed by atoms with Gasteiger partial charge in [-0.15, -0.1) is 11.3 Å². The van der Waals surface area contributed by atoms with E-state index in [1.807, 2.05) is 29.2 Å². The fraction of sp³-hybridized carbons (Fsp3) is 0.455. The Balaban J connectivity index is 1.39. The molecule has 0 bridgehead atoms. The van der Waals surface area contributed by atoms with E-state index in [1.165, 1.54) is 17.7 Å². The number of carbonyl (C=O) groups excluding carboxylic acids is 2. The van der Waals surface area contributed by atoms with Crippen molar-refractivity contribution in [3.05, 3.63) is 52.2 Å². The monoisotopic (exact) mass is 397 g/mol. The summed E-state index contributed by atoms with van der Waals surface area (Å²) in [5, 5.41) is 5.22. The second-order valence-corrected chi connectivity index (χ2v) is 8.51. The van der Waals surface area contributed by atoms with Gasteiger partial charge in [0.05, 0.1) is 6.04 Å². The summed E-state index contributed by atoms with van der Waals surface area (Å²) in [6.45, 7) is 3.57. The molecule has 28 heavy (non-hydrogen) atoms. The number of anilines is 1. The summed E-state index contributed by atoms with van der Waals surface area (Å²) in [5.74, 6) is 0.116. The number of carbonyl (C=O) groups is 2. The van der Waals surface area contributed by atoms with Crippen LogP contribution in [0.15, 0.2) is 41.8 Å². The Hall–Kier alpha value is -2.18. The second kappa shape index (κ2) is 8.88. The Morgan fingerprint density at radius 1 is 1.04 bits per heavy atom. The number of piperidine rings is 1. The molecule has 0 saturated carbocycles. The summed E-state index contributed by atoms with van der Waals surface area (Å²) in [6.07, 6.45) is 5.08. The first-order chi connectivity index (χ1) is 13.7. The van der Waals surface area contributed by atoms with E-state index in [2.05, 4.69) is 27.7 Å². The van der Waals surface area contributed by atoms with Crippen LogP contribution < -0.4 is 10.2 Å². The maximum Gasteiger partial charge on any atom is 0.251 e. The zero-order valence-electron chi connectivity index (χ0n) is 16.1. The molecular weight excluding hydrogens is 370 g/mol. The first-order valence-electron chi connectivity index (χ1n) is 10.2. The average Bonchev–Trinajstić information content (AvgIpc) is 3.43. The lowest BCUT2D eigenvalue weighted by Gasteiger charge is -2.27.